The first-order chi connectivity index (χ1) is 6.32. The summed E-state index contributed by atoms with van der Waals surface area (Å²) < 4.78 is 22.4. The molecule has 0 amide bonds. The Balaban J connectivity index is 3.37. The van der Waals surface area contributed by atoms with Gasteiger partial charge in [0.25, 0.3) is 9.05 Å². The van der Waals surface area contributed by atoms with Crippen LogP contribution in [0, 0.1) is 6.92 Å². The SMILES string of the molecule is Cc1ccc(N(C)C)cc1S(=O)(=O)Cl. The quantitative estimate of drug-likeness (QED) is 0.734. The standard InChI is InChI=1S/C9H12ClNO2S/c1-7-4-5-8(11(2)3)6-9(7)14(10,12)13/h4-6H,1-3H3. The Labute approximate surface area is 88.7 Å². The zero-order valence-corrected chi connectivity index (χ0v) is 9.85. The molecule has 0 radical (unpaired) electrons. The lowest BCUT2D eigenvalue weighted by molar-refractivity contribution is 0.609. The van der Waals surface area contributed by atoms with E-state index in [0.29, 0.717) is 5.56 Å². The molecule has 0 atom stereocenters. The van der Waals surface area contributed by atoms with Crippen LogP contribution < -0.4 is 4.90 Å². The van der Waals surface area contributed by atoms with Gasteiger partial charge in [-0.3, -0.25) is 0 Å². The predicted molar refractivity (Wildman–Crippen MR) is 58.5 cm³/mol. The number of aryl methyl sites for hydroxylation is 1. The van der Waals surface area contributed by atoms with Crippen LogP contribution in [0.2, 0.25) is 0 Å². The third kappa shape index (κ3) is 2.39. The number of anilines is 1. The van der Waals surface area contributed by atoms with E-state index in [1.54, 1.807) is 19.1 Å². The van der Waals surface area contributed by atoms with Crippen LogP contribution in [0.4, 0.5) is 5.69 Å². The van der Waals surface area contributed by atoms with E-state index in [1.165, 1.54) is 0 Å². The highest BCUT2D eigenvalue weighted by molar-refractivity contribution is 8.13. The van der Waals surface area contributed by atoms with Gasteiger partial charge in [-0.1, -0.05) is 6.07 Å². The average molecular weight is 234 g/mol. The van der Waals surface area contributed by atoms with Crippen LogP contribution in [0.15, 0.2) is 23.1 Å². The van der Waals surface area contributed by atoms with Gasteiger partial charge < -0.3 is 4.90 Å². The molecule has 0 saturated heterocycles. The van der Waals surface area contributed by atoms with E-state index in [0.717, 1.165) is 5.69 Å². The fourth-order valence-corrected chi connectivity index (χ4v) is 2.34. The van der Waals surface area contributed by atoms with Crippen molar-refractivity contribution in [3.63, 3.8) is 0 Å². The summed E-state index contributed by atoms with van der Waals surface area (Å²) in [7, 11) is 5.34. The van der Waals surface area contributed by atoms with Crippen LogP contribution in [-0.2, 0) is 9.05 Å². The monoisotopic (exact) mass is 233 g/mol. The minimum atomic E-state index is -3.64. The largest absolute Gasteiger partial charge is 0.378 e. The van der Waals surface area contributed by atoms with E-state index >= 15 is 0 Å². The summed E-state index contributed by atoms with van der Waals surface area (Å²) in [6.07, 6.45) is 0. The number of benzene rings is 1. The van der Waals surface area contributed by atoms with Gasteiger partial charge in [0.15, 0.2) is 0 Å². The van der Waals surface area contributed by atoms with Crippen LogP contribution in [-0.4, -0.2) is 22.5 Å². The molecule has 14 heavy (non-hydrogen) atoms. The normalized spacial score (nSPS) is 11.4. The van der Waals surface area contributed by atoms with Crippen LogP contribution in [0.25, 0.3) is 0 Å². The zero-order chi connectivity index (χ0) is 10.9. The molecule has 0 aliphatic heterocycles. The Morgan fingerprint density at radius 3 is 2.29 bits per heavy atom. The first-order valence-electron chi connectivity index (χ1n) is 4.05. The summed E-state index contributed by atoms with van der Waals surface area (Å²) in [5.74, 6) is 0. The van der Waals surface area contributed by atoms with Gasteiger partial charge in [-0.25, -0.2) is 8.42 Å². The van der Waals surface area contributed by atoms with Gasteiger partial charge in [0.1, 0.15) is 0 Å². The Hall–Kier alpha value is -0.740. The fraction of sp³-hybridized carbons (Fsp3) is 0.333. The summed E-state index contributed by atoms with van der Waals surface area (Å²) in [6, 6.07) is 5.16. The van der Waals surface area contributed by atoms with Crippen molar-refractivity contribution in [2.24, 2.45) is 0 Å². The lowest BCUT2D eigenvalue weighted by Gasteiger charge is -2.13. The van der Waals surface area contributed by atoms with E-state index in [1.807, 2.05) is 25.1 Å². The lowest BCUT2D eigenvalue weighted by Crippen LogP contribution is -2.09. The fourth-order valence-electron chi connectivity index (χ4n) is 1.13. The third-order valence-corrected chi connectivity index (χ3v) is 3.41. The summed E-state index contributed by atoms with van der Waals surface area (Å²) in [6.45, 7) is 1.72. The maximum Gasteiger partial charge on any atom is 0.261 e. The molecular formula is C9H12ClNO2S. The molecule has 0 aliphatic carbocycles. The van der Waals surface area contributed by atoms with E-state index in [-0.39, 0.29) is 4.90 Å². The molecule has 0 saturated carbocycles. The molecule has 0 aliphatic rings. The minimum absolute atomic E-state index is 0.172. The van der Waals surface area contributed by atoms with E-state index in [9.17, 15) is 8.42 Å². The molecule has 1 rings (SSSR count). The number of hydrogen-bond donors (Lipinski definition) is 0. The van der Waals surface area contributed by atoms with Crippen LogP contribution >= 0.6 is 10.7 Å². The van der Waals surface area contributed by atoms with Crippen molar-refractivity contribution >= 4 is 25.4 Å². The van der Waals surface area contributed by atoms with Gasteiger partial charge in [-0.05, 0) is 24.6 Å². The van der Waals surface area contributed by atoms with Gasteiger partial charge in [0.2, 0.25) is 0 Å². The minimum Gasteiger partial charge on any atom is -0.378 e. The first kappa shape index (κ1) is 11.3. The van der Waals surface area contributed by atoms with Crippen molar-refractivity contribution in [2.75, 3.05) is 19.0 Å². The molecule has 0 bridgehead atoms. The molecule has 3 nitrogen and oxygen atoms in total. The maximum atomic E-state index is 11.2. The Kier molecular flexibility index (Phi) is 3.07. The number of rotatable bonds is 2. The smallest absolute Gasteiger partial charge is 0.261 e. The van der Waals surface area contributed by atoms with Crippen molar-refractivity contribution in [1.29, 1.82) is 0 Å². The van der Waals surface area contributed by atoms with Crippen LogP contribution in [0.1, 0.15) is 5.56 Å². The maximum absolute atomic E-state index is 11.2. The number of hydrogen-bond acceptors (Lipinski definition) is 3. The van der Waals surface area contributed by atoms with Gasteiger partial charge in [-0.15, -0.1) is 0 Å². The molecule has 78 valence electrons. The Morgan fingerprint density at radius 2 is 1.86 bits per heavy atom. The number of halogens is 1. The number of nitrogens with zero attached hydrogens (tertiary/aromatic N) is 1. The van der Waals surface area contributed by atoms with Crippen molar-refractivity contribution in [3.8, 4) is 0 Å². The molecule has 0 heterocycles. The van der Waals surface area contributed by atoms with Crippen molar-refractivity contribution < 1.29 is 8.42 Å². The average Bonchev–Trinajstić information content (AvgIpc) is 2.02. The summed E-state index contributed by atoms with van der Waals surface area (Å²) >= 11 is 0. The van der Waals surface area contributed by atoms with Crippen molar-refractivity contribution in [1.82, 2.24) is 0 Å². The van der Waals surface area contributed by atoms with E-state index in [4.69, 9.17) is 10.7 Å². The third-order valence-electron chi connectivity index (χ3n) is 1.95. The second kappa shape index (κ2) is 3.79. The highest BCUT2D eigenvalue weighted by Crippen LogP contribution is 2.24. The Bertz CT molecular complexity index is 440. The molecule has 1 aromatic rings. The molecule has 0 spiro atoms. The molecule has 0 aromatic heterocycles. The van der Waals surface area contributed by atoms with E-state index < -0.39 is 9.05 Å². The van der Waals surface area contributed by atoms with E-state index in [2.05, 4.69) is 0 Å². The highest BCUT2D eigenvalue weighted by Gasteiger charge is 2.14. The topological polar surface area (TPSA) is 37.4 Å². The highest BCUT2D eigenvalue weighted by atomic mass is 35.7. The second-order valence-electron chi connectivity index (χ2n) is 3.28. The first-order valence-corrected chi connectivity index (χ1v) is 6.36. The predicted octanol–water partition coefficient (Wildman–Crippen LogP) is 1.99. The van der Waals surface area contributed by atoms with Crippen LogP contribution in [0.5, 0.6) is 0 Å². The molecule has 0 unspecified atom stereocenters. The summed E-state index contributed by atoms with van der Waals surface area (Å²) in [5, 5.41) is 0. The van der Waals surface area contributed by atoms with Gasteiger partial charge in [-0.2, -0.15) is 0 Å². The second-order valence-corrected chi connectivity index (χ2v) is 5.82. The molecule has 1 aromatic carbocycles. The van der Waals surface area contributed by atoms with Gasteiger partial charge >= 0.3 is 0 Å². The molecule has 5 heteroatoms. The molecular weight excluding hydrogens is 222 g/mol. The van der Waals surface area contributed by atoms with Crippen LogP contribution in [0.3, 0.4) is 0 Å². The van der Waals surface area contributed by atoms with Gasteiger partial charge in [0, 0.05) is 30.5 Å². The lowest BCUT2D eigenvalue weighted by atomic mass is 10.2. The Morgan fingerprint density at radius 1 is 1.29 bits per heavy atom. The summed E-state index contributed by atoms with van der Waals surface area (Å²) in [5.41, 5.74) is 1.47. The summed E-state index contributed by atoms with van der Waals surface area (Å²) in [4.78, 5) is 2.00. The zero-order valence-electron chi connectivity index (χ0n) is 8.28. The van der Waals surface area contributed by atoms with Crippen molar-refractivity contribution in [2.45, 2.75) is 11.8 Å². The van der Waals surface area contributed by atoms with Gasteiger partial charge in [0.05, 0.1) is 4.90 Å². The molecule has 0 fully saturated rings. The van der Waals surface area contributed by atoms with Crippen molar-refractivity contribution in [3.05, 3.63) is 23.8 Å². The molecule has 0 N–H and O–H groups in total.